The molecular weight excluding hydrogens is 265 g/mol. The largest absolute Gasteiger partial charge is 0.490 e. The van der Waals surface area contributed by atoms with E-state index in [9.17, 15) is 9.32 Å². The Morgan fingerprint density at radius 3 is 2.65 bits per heavy atom. The summed E-state index contributed by atoms with van der Waals surface area (Å²) >= 11 is 0. The number of halogens is 1. The van der Waals surface area contributed by atoms with Gasteiger partial charge in [-0.3, -0.25) is 0 Å². The van der Waals surface area contributed by atoms with Crippen LogP contribution >= 0.6 is 0 Å². The van der Waals surface area contributed by atoms with Crippen LogP contribution in [0.2, 0.25) is 0 Å². The van der Waals surface area contributed by atoms with Gasteiger partial charge in [-0.25, -0.2) is 14.7 Å². The second-order valence-electron chi connectivity index (χ2n) is 3.73. The molecule has 0 aliphatic carbocycles. The summed E-state index contributed by atoms with van der Waals surface area (Å²) in [7, 11) is 0. The van der Waals surface area contributed by atoms with E-state index in [2.05, 4.69) is 9.93 Å². The standard InChI is InChI=1S/C14H12FNO4/c1-2-18-12-8-11(14(17)20-15)16-9-13(12)19-10-6-4-3-5-7-10/h3-9H,2H2,1H3. The van der Waals surface area contributed by atoms with E-state index >= 15 is 0 Å². The number of aromatic nitrogens is 1. The Kier molecular flexibility index (Phi) is 4.49. The van der Waals surface area contributed by atoms with Gasteiger partial charge < -0.3 is 9.47 Å². The number of hydrogen-bond acceptors (Lipinski definition) is 5. The summed E-state index contributed by atoms with van der Waals surface area (Å²) < 4.78 is 22.8. The predicted octanol–water partition coefficient (Wildman–Crippen LogP) is 3.31. The van der Waals surface area contributed by atoms with Crippen LogP contribution in [0, 0.1) is 0 Å². The molecule has 104 valence electrons. The zero-order valence-corrected chi connectivity index (χ0v) is 10.7. The highest BCUT2D eigenvalue weighted by atomic mass is 19.3. The van der Waals surface area contributed by atoms with Crippen molar-refractivity contribution in [1.82, 2.24) is 4.98 Å². The quantitative estimate of drug-likeness (QED) is 0.839. The average Bonchev–Trinajstić information content (AvgIpc) is 2.49. The van der Waals surface area contributed by atoms with E-state index in [0.29, 0.717) is 18.1 Å². The molecule has 0 fully saturated rings. The van der Waals surface area contributed by atoms with Crippen LogP contribution in [0.15, 0.2) is 42.6 Å². The van der Waals surface area contributed by atoms with Crippen LogP contribution in [0.1, 0.15) is 17.4 Å². The molecule has 0 saturated carbocycles. The second-order valence-corrected chi connectivity index (χ2v) is 3.73. The van der Waals surface area contributed by atoms with E-state index in [4.69, 9.17) is 9.47 Å². The monoisotopic (exact) mass is 277 g/mol. The summed E-state index contributed by atoms with van der Waals surface area (Å²) in [5.74, 6) is 0.0218. The second kappa shape index (κ2) is 6.51. The van der Waals surface area contributed by atoms with Crippen LogP contribution in [0.25, 0.3) is 0 Å². The van der Waals surface area contributed by atoms with Crippen molar-refractivity contribution in [3.05, 3.63) is 48.3 Å². The summed E-state index contributed by atoms with van der Waals surface area (Å²) in [6, 6.07) is 10.3. The van der Waals surface area contributed by atoms with Gasteiger partial charge in [-0.2, -0.15) is 0 Å². The molecule has 6 heteroatoms. The van der Waals surface area contributed by atoms with Crippen molar-refractivity contribution in [1.29, 1.82) is 0 Å². The molecule has 1 aromatic heterocycles. The van der Waals surface area contributed by atoms with Gasteiger partial charge in [-0.15, -0.1) is 0 Å². The van der Waals surface area contributed by atoms with Gasteiger partial charge in [0.15, 0.2) is 17.2 Å². The Hall–Kier alpha value is -2.63. The van der Waals surface area contributed by atoms with Crippen molar-refractivity contribution in [3.63, 3.8) is 0 Å². The van der Waals surface area contributed by atoms with Crippen LogP contribution in [-0.2, 0) is 4.94 Å². The zero-order valence-electron chi connectivity index (χ0n) is 10.7. The van der Waals surface area contributed by atoms with Crippen molar-refractivity contribution in [2.45, 2.75) is 6.92 Å². The molecular formula is C14H12FNO4. The van der Waals surface area contributed by atoms with Crippen molar-refractivity contribution >= 4 is 5.97 Å². The first-order valence-electron chi connectivity index (χ1n) is 5.93. The maximum atomic E-state index is 11.9. The molecule has 0 bridgehead atoms. The fourth-order valence-corrected chi connectivity index (χ4v) is 1.54. The minimum atomic E-state index is -1.18. The molecule has 0 atom stereocenters. The number of para-hydroxylation sites is 1. The molecule has 0 unspecified atom stereocenters. The third kappa shape index (κ3) is 3.23. The van der Waals surface area contributed by atoms with Gasteiger partial charge in [0, 0.05) is 10.6 Å². The Morgan fingerprint density at radius 2 is 2.00 bits per heavy atom. The molecule has 0 radical (unpaired) electrons. The van der Waals surface area contributed by atoms with Crippen molar-refractivity contribution in [2.24, 2.45) is 0 Å². The minimum Gasteiger partial charge on any atom is -0.490 e. The summed E-state index contributed by atoms with van der Waals surface area (Å²) in [5.41, 5.74) is -0.198. The van der Waals surface area contributed by atoms with Gasteiger partial charge in [0.2, 0.25) is 0 Å². The normalized spacial score (nSPS) is 9.90. The highest BCUT2D eigenvalue weighted by Gasteiger charge is 2.15. The first kappa shape index (κ1) is 13.8. The van der Waals surface area contributed by atoms with E-state index in [1.165, 1.54) is 12.3 Å². The number of carbonyl (C=O) groups is 1. The number of hydrogen-bond donors (Lipinski definition) is 0. The third-order valence-corrected chi connectivity index (χ3v) is 2.38. The van der Waals surface area contributed by atoms with Gasteiger partial charge in [-0.05, 0) is 19.1 Å². The van der Waals surface area contributed by atoms with Crippen LogP contribution in [-0.4, -0.2) is 17.6 Å². The first-order chi connectivity index (χ1) is 9.74. The molecule has 0 amide bonds. The van der Waals surface area contributed by atoms with Crippen LogP contribution in [0.5, 0.6) is 17.2 Å². The summed E-state index contributed by atoms with van der Waals surface area (Å²) in [5, 5.41) is 0. The van der Waals surface area contributed by atoms with Gasteiger partial charge >= 0.3 is 5.97 Å². The van der Waals surface area contributed by atoms with E-state index in [1.807, 2.05) is 18.2 Å². The van der Waals surface area contributed by atoms with E-state index in [0.717, 1.165) is 0 Å². The molecule has 2 aromatic rings. The highest BCUT2D eigenvalue weighted by molar-refractivity contribution is 5.87. The smallest absolute Gasteiger partial charge is 0.397 e. The first-order valence-corrected chi connectivity index (χ1v) is 5.93. The molecule has 0 spiro atoms. The maximum Gasteiger partial charge on any atom is 0.397 e. The molecule has 1 heterocycles. The number of ether oxygens (including phenoxy) is 2. The van der Waals surface area contributed by atoms with Crippen LogP contribution < -0.4 is 9.47 Å². The third-order valence-electron chi connectivity index (χ3n) is 2.38. The molecule has 0 saturated heterocycles. The maximum absolute atomic E-state index is 11.9. The Bertz CT molecular complexity index is 589. The van der Waals surface area contributed by atoms with E-state index in [-0.39, 0.29) is 11.4 Å². The number of carbonyl (C=O) groups excluding carboxylic acids is 1. The molecule has 0 aliphatic heterocycles. The lowest BCUT2D eigenvalue weighted by Crippen LogP contribution is -2.04. The lowest BCUT2D eigenvalue weighted by molar-refractivity contribution is -0.0793. The molecule has 2 rings (SSSR count). The van der Waals surface area contributed by atoms with Gasteiger partial charge in [0.25, 0.3) is 0 Å². The van der Waals surface area contributed by atoms with Gasteiger partial charge in [0.05, 0.1) is 12.8 Å². The number of benzene rings is 1. The Morgan fingerprint density at radius 1 is 1.25 bits per heavy atom. The lowest BCUT2D eigenvalue weighted by atomic mass is 10.3. The summed E-state index contributed by atoms with van der Waals surface area (Å²) in [6.07, 6.45) is 1.28. The Balaban J connectivity index is 2.30. The van der Waals surface area contributed by atoms with Crippen molar-refractivity contribution in [2.75, 3.05) is 6.61 Å². The van der Waals surface area contributed by atoms with E-state index in [1.54, 1.807) is 19.1 Å². The van der Waals surface area contributed by atoms with Gasteiger partial charge in [0.1, 0.15) is 5.75 Å². The number of rotatable bonds is 5. The highest BCUT2D eigenvalue weighted by Crippen LogP contribution is 2.31. The fourth-order valence-electron chi connectivity index (χ4n) is 1.54. The van der Waals surface area contributed by atoms with E-state index < -0.39 is 5.97 Å². The Labute approximate surface area is 114 Å². The number of pyridine rings is 1. The number of nitrogens with zero attached hydrogens (tertiary/aromatic N) is 1. The molecule has 0 aliphatic rings. The fraction of sp³-hybridized carbons (Fsp3) is 0.143. The van der Waals surface area contributed by atoms with Crippen molar-refractivity contribution in [3.8, 4) is 17.2 Å². The lowest BCUT2D eigenvalue weighted by Gasteiger charge is -2.11. The molecule has 20 heavy (non-hydrogen) atoms. The average molecular weight is 277 g/mol. The molecule has 0 N–H and O–H groups in total. The zero-order chi connectivity index (χ0) is 14.4. The SMILES string of the molecule is CCOc1cc(C(=O)OF)ncc1Oc1ccccc1. The van der Waals surface area contributed by atoms with Crippen molar-refractivity contribution < 1.29 is 23.7 Å². The van der Waals surface area contributed by atoms with Crippen LogP contribution in [0.3, 0.4) is 0 Å². The van der Waals surface area contributed by atoms with Gasteiger partial charge in [-0.1, -0.05) is 18.2 Å². The minimum absolute atomic E-state index is 0.198. The molecule has 5 nitrogen and oxygen atoms in total. The topological polar surface area (TPSA) is 57.7 Å². The summed E-state index contributed by atoms with van der Waals surface area (Å²) in [4.78, 5) is 18.0. The molecule has 1 aromatic carbocycles. The summed E-state index contributed by atoms with van der Waals surface area (Å²) in [6.45, 7) is 2.14. The predicted molar refractivity (Wildman–Crippen MR) is 68.4 cm³/mol. The van der Waals surface area contributed by atoms with Crippen LogP contribution in [0.4, 0.5) is 4.53 Å².